The van der Waals surface area contributed by atoms with E-state index in [1.165, 1.54) is 22.5 Å². The van der Waals surface area contributed by atoms with Crippen molar-refractivity contribution in [3.05, 3.63) is 28.8 Å². The van der Waals surface area contributed by atoms with Crippen molar-refractivity contribution in [1.29, 1.82) is 0 Å². The van der Waals surface area contributed by atoms with Gasteiger partial charge in [-0.25, -0.2) is 13.2 Å². The molecular formula is C21H31ClN2O6S. The summed E-state index contributed by atoms with van der Waals surface area (Å²) in [5.74, 6) is -1.12. The topological polar surface area (TPSA) is 93.2 Å². The van der Waals surface area contributed by atoms with Crippen LogP contribution in [-0.4, -0.2) is 73.5 Å². The number of nitrogens with zero attached hydrogens (tertiary/aromatic N) is 2. The highest BCUT2D eigenvalue weighted by atomic mass is 35.5. The van der Waals surface area contributed by atoms with Crippen molar-refractivity contribution in [3.8, 4) is 0 Å². The molecule has 1 amide bonds. The van der Waals surface area contributed by atoms with Crippen LogP contribution in [0.3, 0.4) is 0 Å². The summed E-state index contributed by atoms with van der Waals surface area (Å²) in [7, 11) is -3.94. The van der Waals surface area contributed by atoms with Gasteiger partial charge in [0.25, 0.3) is 5.91 Å². The van der Waals surface area contributed by atoms with Gasteiger partial charge in [-0.15, -0.1) is 0 Å². The molecule has 0 unspecified atom stereocenters. The molecule has 1 aromatic rings. The maximum Gasteiger partial charge on any atom is 0.338 e. The maximum absolute atomic E-state index is 13.2. The molecule has 2 atom stereocenters. The lowest BCUT2D eigenvalue weighted by Gasteiger charge is -2.34. The fourth-order valence-corrected chi connectivity index (χ4v) is 5.84. The van der Waals surface area contributed by atoms with E-state index in [4.69, 9.17) is 21.1 Å². The molecule has 1 aliphatic rings. The van der Waals surface area contributed by atoms with Crippen LogP contribution in [0.25, 0.3) is 0 Å². The highest BCUT2D eigenvalue weighted by Crippen LogP contribution is 2.28. The SMILES string of the molecule is CC(C)N(C(=O)COC(=O)c1ccc(Cl)c(S(=O)(=O)N2C[C@H](C)O[C@@H](C)C2)c1)C(C)C. The highest BCUT2D eigenvalue weighted by Gasteiger charge is 2.34. The zero-order valence-corrected chi connectivity index (χ0v) is 20.4. The van der Waals surface area contributed by atoms with E-state index in [1.807, 2.05) is 27.7 Å². The summed E-state index contributed by atoms with van der Waals surface area (Å²) in [5.41, 5.74) is 0.00535. The molecule has 2 rings (SSSR count). The molecule has 0 N–H and O–H groups in total. The van der Waals surface area contributed by atoms with Crippen molar-refractivity contribution in [3.63, 3.8) is 0 Å². The quantitative estimate of drug-likeness (QED) is 0.564. The molecule has 1 aliphatic heterocycles. The van der Waals surface area contributed by atoms with Crippen molar-refractivity contribution >= 4 is 33.5 Å². The van der Waals surface area contributed by atoms with Gasteiger partial charge >= 0.3 is 5.97 Å². The first-order chi connectivity index (χ1) is 14.3. The summed E-state index contributed by atoms with van der Waals surface area (Å²) in [4.78, 5) is 26.4. The van der Waals surface area contributed by atoms with E-state index in [1.54, 1.807) is 18.7 Å². The number of halogens is 1. The van der Waals surface area contributed by atoms with Gasteiger partial charge in [0.05, 0.1) is 22.8 Å². The number of esters is 1. The van der Waals surface area contributed by atoms with Gasteiger partial charge in [0, 0.05) is 25.2 Å². The van der Waals surface area contributed by atoms with E-state index in [-0.39, 0.29) is 58.8 Å². The number of ether oxygens (including phenoxy) is 2. The molecule has 10 heteroatoms. The van der Waals surface area contributed by atoms with Crippen LogP contribution in [-0.2, 0) is 24.3 Å². The van der Waals surface area contributed by atoms with Crippen LogP contribution in [0.15, 0.2) is 23.1 Å². The van der Waals surface area contributed by atoms with Gasteiger partial charge < -0.3 is 14.4 Å². The first kappa shape index (κ1) is 25.6. The summed E-state index contributed by atoms with van der Waals surface area (Å²) < 4.78 is 38.4. The molecule has 0 aliphatic carbocycles. The van der Waals surface area contributed by atoms with Crippen LogP contribution in [0.1, 0.15) is 51.9 Å². The third-order valence-electron chi connectivity index (χ3n) is 4.90. The summed E-state index contributed by atoms with van der Waals surface area (Å²) >= 11 is 6.17. The summed E-state index contributed by atoms with van der Waals surface area (Å²) in [6.45, 7) is 11.0. The molecule has 8 nitrogen and oxygen atoms in total. The molecule has 0 aromatic heterocycles. The summed E-state index contributed by atoms with van der Waals surface area (Å²) in [5, 5.41) is 0.00483. The minimum Gasteiger partial charge on any atom is -0.452 e. The predicted molar refractivity (Wildman–Crippen MR) is 118 cm³/mol. The molecule has 1 heterocycles. The van der Waals surface area contributed by atoms with E-state index in [0.717, 1.165) is 0 Å². The van der Waals surface area contributed by atoms with Crippen LogP contribution < -0.4 is 0 Å². The fraction of sp³-hybridized carbons (Fsp3) is 0.619. The zero-order chi connectivity index (χ0) is 23.5. The van der Waals surface area contributed by atoms with Crippen molar-refractivity contribution in [2.45, 2.75) is 70.7 Å². The zero-order valence-electron chi connectivity index (χ0n) is 18.8. The van der Waals surface area contributed by atoms with Crippen molar-refractivity contribution < 1.29 is 27.5 Å². The predicted octanol–water partition coefficient (Wildman–Crippen LogP) is 2.94. The Labute approximate surface area is 189 Å². The van der Waals surface area contributed by atoms with E-state index in [2.05, 4.69) is 0 Å². The lowest BCUT2D eigenvalue weighted by molar-refractivity contribution is -0.138. The average Bonchev–Trinajstić information content (AvgIpc) is 2.65. The van der Waals surface area contributed by atoms with E-state index < -0.39 is 22.6 Å². The van der Waals surface area contributed by atoms with E-state index in [9.17, 15) is 18.0 Å². The Morgan fingerprint density at radius 2 is 1.71 bits per heavy atom. The molecule has 0 bridgehead atoms. The number of hydrogen-bond donors (Lipinski definition) is 0. The first-order valence-electron chi connectivity index (χ1n) is 10.3. The summed E-state index contributed by atoms with van der Waals surface area (Å²) in [6.07, 6.45) is -0.525. The van der Waals surface area contributed by atoms with Gasteiger partial charge in [-0.3, -0.25) is 4.79 Å². The Hall–Kier alpha value is -1.68. The summed E-state index contributed by atoms with van der Waals surface area (Å²) in [6, 6.07) is 3.82. The number of hydrogen-bond acceptors (Lipinski definition) is 6. The van der Waals surface area contributed by atoms with Gasteiger partial charge in [-0.1, -0.05) is 11.6 Å². The molecule has 0 radical (unpaired) electrons. The van der Waals surface area contributed by atoms with Gasteiger partial charge in [0.1, 0.15) is 4.90 Å². The third kappa shape index (κ3) is 6.19. The number of carbonyl (C=O) groups is 2. The molecule has 174 valence electrons. The highest BCUT2D eigenvalue weighted by molar-refractivity contribution is 7.89. The lowest BCUT2D eigenvalue weighted by Crippen LogP contribution is -2.48. The second kappa shape index (κ2) is 10.3. The Kier molecular flexibility index (Phi) is 8.49. The van der Waals surface area contributed by atoms with Gasteiger partial charge in [-0.05, 0) is 59.7 Å². The van der Waals surface area contributed by atoms with Crippen molar-refractivity contribution in [2.75, 3.05) is 19.7 Å². The van der Waals surface area contributed by atoms with Crippen molar-refractivity contribution in [1.82, 2.24) is 9.21 Å². The number of amides is 1. The van der Waals surface area contributed by atoms with E-state index in [0.29, 0.717) is 0 Å². The molecule has 0 saturated carbocycles. The maximum atomic E-state index is 13.2. The van der Waals surface area contributed by atoms with Crippen LogP contribution in [0.5, 0.6) is 0 Å². The largest absolute Gasteiger partial charge is 0.452 e. The first-order valence-corrected chi connectivity index (χ1v) is 12.1. The van der Waals surface area contributed by atoms with Gasteiger partial charge in [-0.2, -0.15) is 4.31 Å². The molecule has 1 saturated heterocycles. The number of rotatable bonds is 7. The molecule has 1 aromatic carbocycles. The monoisotopic (exact) mass is 474 g/mol. The number of sulfonamides is 1. The average molecular weight is 475 g/mol. The molecule has 31 heavy (non-hydrogen) atoms. The standard InChI is InChI=1S/C21H31ClN2O6S/c1-13(2)24(14(3)4)20(25)12-29-21(26)17-7-8-18(22)19(9-17)31(27,28)23-10-15(5)30-16(6)11-23/h7-9,13-16H,10-12H2,1-6H3/t15-,16-/m0/s1. The minimum absolute atomic E-state index is 0.00483. The van der Waals surface area contributed by atoms with E-state index >= 15 is 0 Å². The Morgan fingerprint density at radius 1 is 1.16 bits per heavy atom. The lowest BCUT2D eigenvalue weighted by atomic mass is 10.2. The van der Waals surface area contributed by atoms with Crippen molar-refractivity contribution in [2.24, 2.45) is 0 Å². The Balaban J connectivity index is 2.20. The number of carbonyl (C=O) groups excluding carboxylic acids is 2. The Morgan fingerprint density at radius 3 is 2.23 bits per heavy atom. The van der Waals surface area contributed by atoms with Crippen LogP contribution in [0.2, 0.25) is 5.02 Å². The third-order valence-corrected chi connectivity index (χ3v) is 7.21. The molecule has 0 spiro atoms. The molecular weight excluding hydrogens is 444 g/mol. The number of morpholine rings is 1. The normalized spacial score (nSPS) is 20.2. The van der Waals surface area contributed by atoms with Gasteiger partial charge in [0.2, 0.25) is 10.0 Å². The second-order valence-corrected chi connectivity index (χ2v) is 10.6. The fourth-order valence-electron chi connectivity index (χ4n) is 3.75. The molecule has 1 fully saturated rings. The number of benzene rings is 1. The van der Waals surface area contributed by atoms with Crippen LogP contribution >= 0.6 is 11.6 Å². The van der Waals surface area contributed by atoms with Crippen LogP contribution in [0, 0.1) is 0 Å². The second-order valence-electron chi connectivity index (χ2n) is 8.29. The van der Waals surface area contributed by atoms with Crippen LogP contribution in [0.4, 0.5) is 0 Å². The smallest absolute Gasteiger partial charge is 0.338 e. The van der Waals surface area contributed by atoms with Gasteiger partial charge in [0.15, 0.2) is 6.61 Å². The Bertz CT molecular complexity index is 900. The minimum atomic E-state index is -3.94.